The second-order valence-corrected chi connectivity index (χ2v) is 4.80. The van der Waals surface area contributed by atoms with Crippen molar-refractivity contribution in [2.45, 2.75) is 6.54 Å². The Hall–Kier alpha value is -3.35. The van der Waals surface area contributed by atoms with Crippen molar-refractivity contribution in [1.29, 1.82) is 0 Å². The number of rotatable bonds is 5. The fraction of sp³-hybridized carbons (Fsp3) is 0.0625. The maximum Gasteiger partial charge on any atom is 0.325 e. The molecule has 0 unspecified atom stereocenters. The summed E-state index contributed by atoms with van der Waals surface area (Å²) in [5, 5.41) is 16.1. The first-order chi connectivity index (χ1) is 11.1. The molecule has 7 nitrogen and oxygen atoms in total. The lowest BCUT2D eigenvalue weighted by Crippen LogP contribution is -2.11. The van der Waals surface area contributed by atoms with E-state index >= 15 is 0 Å². The molecule has 116 valence electrons. The molecule has 2 heterocycles. The number of nitrogens with zero attached hydrogens (tertiary/aromatic N) is 2. The molecule has 0 saturated carbocycles. The van der Waals surface area contributed by atoms with Crippen molar-refractivity contribution in [3.05, 3.63) is 54.4 Å². The van der Waals surface area contributed by atoms with Crippen LogP contribution in [0.5, 0.6) is 0 Å². The van der Waals surface area contributed by atoms with E-state index < -0.39 is 5.97 Å². The average Bonchev–Trinajstić information content (AvgIpc) is 3.10. The number of carboxylic acids is 1. The summed E-state index contributed by atoms with van der Waals surface area (Å²) in [6, 6.07) is 10.9. The molecule has 1 aromatic carbocycles. The summed E-state index contributed by atoms with van der Waals surface area (Å²) in [6.45, 7) is -0.259. The Kier molecular flexibility index (Phi) is 3.92. The minimum atomic E-state index is -1.00. The van der Waals surface area contributed by atoms with E-state index in [-0.39, 0.29) is 18.3 Å². The molecule has 0 aliphatic carbocycles. The molecule has 3 rings (SSSR count). The lowest BCUT2D eigenvalue weighted by Gasteiger charge is -1.97. The number of hydrogen-bond acceptors (Lipinski definition) is 4. The van der Waals surface area contributed by atoms with Crippen LogP contribution in [0, 0.1) is 0 Å². The zero-order chi connectivity index (χ0) is 16.2. The number of anilines is 1. The Morgan fingerprint density at radius 1 is 1.30 bits per heavy atom. The predicted molar refractivity (Wildman–Crippen MR) is 83.7 cm³/mol. The minimum absolute atomic E-state index is 0.259. The number of para-hydroxylation sites is 1. The van der Waals surface area contributed by atoms with Crippen LogP contribution in [0.4, 0.5) is 5.82 Å². The monoisotopic (exact) mass is 311 g/mol. The molecular formula is C16H13N3O4. The molecule has 23 heavy (non-hydrogen) atoms. The molecule has 0 spiro atoms. The van der Waals surface area contributed by atoms with Gasteiger partial charge in [0.2, 0.25) is 5.91 Å². The van der Waals surface area contributed by atoms with Gasteiger partial charge in [-0.1, -0.05) is 18.2 Å². The van der Waals surface area contributed by atoms with Crippen LogP contribution in [0.3, 0.4) is 0 Å². The first-order valence-electron chi connectivity index (χ1n) is 6.83. The summed E-state index contributed by atoms with van der Waals surface area (Å²) >= 11 is 0. The van der Waals surface area contributed by atoms with Crippen molar-refractivity contribution >= 4 is 34.7 Å². The summed E-state index contributed by atoms with van der Waals surface area (Å²) in [4.78, 5) is 22.4. The number of fused-ring (bicyclic) bond motifs is 1. The molecule has 0 atom stereocenters. The maximum absolute atomic E-state index is 11.8. The van der Waals surface area contributed by atoms with Gasteiger partial charge in [0.15, 0.2) is 5.82 Å². The second-order valence-electron chi connectivity index (χ2n) is 4.80. The number of aromatic nitrogens is 2. The van der Waals surface area contributed by atoms with E-state index in [2.05, 4.69) is 10.4 Å². The van der Waals surface area contributed by atoms with Gasteiger partial charge in [-0.3, -0.25) is 14.3 Å². The van der Waals surface area contributed by atoms with Gasteiger partial charge < -0.3 is 14.8 Å². The maximum atomic E-state index is 11.8. The first kappa shape index (κ1) is 14.6. The highest BCUT2D eigenvalue weighted by atomic mass is 16.4. The highest BCUT2D eigenvalue weighted by Crippen LogP contribution is 2.19. The highest BCUT2D eigenvalue weighted by molar-refractivity contribution is 6.01. The van der Waals surface area contributed by atoms with E-state index in [9.17, 15) is 9.59 Å². The van der Waals surface area contributed by atoms with Crippen molar-refractivity contribution < 1.29 is 19.1 Å². The van der Waals surface area contributed by atoms with E-state index in [1.54, 1.807) is 6.08 Å². The van der Waals surface area contributed by atoms with Crippen LogP contribution in [-0.4, -0.2) is 26.8 Å². The number of benzene rings is 1. The van der Waals surface area contributed by atoms with Gasteiger partial charge >= 0.3 is 5.97 Å². The van der Waals surface area contributed by atoms with Crippen LogP contribution in [0.2, 0.25) is 0 Å². The fourth-order valence-corrected chi connectivity index (χ4v) is 2.07. The number of amides is 1. The molecule has 0 radical (unpaired) electrons. The topological polar surface area (TPSA) is 97.4 Å². The fourth-order valence-electron chi connectivity index (χ4n) is 2.07. The summed E-state index contributed by atoms with van der Waals surface area (Å²) < 4.78 is 6.79. The summed E-state index contributed by atoms with van der Waals surface area (Å²) in [5.41, 5.74) is 0.750. The van der Waals surface area contributed by atoms with Gasteiger partial charge in [-0.15, -0.1) is 0 Å². The lowest BCUT2D eigenvalue weighted by molar-refractivity contribution is -0.137. The quantitative estimate of drug-likeness (QED) is 0.705. The zero-order valence-corrected chi connectivity index (χ0v) is 12.0. The van der Waals surface area contributed by atoms with E-state index in [4.69, 9.17) is 9.52 Å². The molecule has 3 aromatic rings. The van der Waals surface area contributed by atoms with Gasteiger partial charge in [-0.25, -0.2) is 0 Å². The number of hydrogen-bond donors (Lipinski definition) is 2. The number of nitrogens with one attached hydrogen (secondary N) is 1. The summed E-state index contributed by atoms with van der Waals surface area (Å²) in [5.74, 6) is -0.537. The van der Waals surface area contributed by atoms with Gasteiger partial charge in [0.1, 0.15) is 17.9 Å². The van der Waals surface area contributed by atoms with Gasteiger partial charge in [0.25, 0.3) is 0 Å². The third-order valence-electron chi connectivity index (χ3n) is 3.03. The first-order valence-corrected chi connectivity index (χ1v) is 6.83. The number of carbonyl (C=O) groups is 2. The molecule has 0 saturated heterocycles. The molecule has 2 N–H and O–H groups in total. The molecule has 0 fully saturated rings. The van der Waals surface area contributed by atoms with Crippen molar-refractivity contribution in [3.63, 3.8) is 0 Å². The normalized spacial score (nSPS) is 11.1. The predicted octanol–water partition coefficient (Wildman–Crippen LogP) is 2.37. The molecule has 0 aliphatic heterocycles. The lowest BCUT2D eigenvalue weighted by atomic mass is 10.2. The molecule has 0 aliphatic rings. The van der Waals surface area contributed by atoms with Crippen molar-refractivity contribution in [3.8, 4) is 0 Å². The van der Waals surface area contributed by atoms with E-state index in [0.29, 0.717) is 5.76 Å². The van der Waals surface area contributed by atoms with Crippen LogP contribution in [0.1, 0.15) is 5.76 Å². The minimum Gasteiger partial charge on any atom is -0.480 e. The van der Waals surface area contributed by atoms with Gasteiger partial charge in [0.05, 0.1) is 0 Å². The van der Waals surface area contributed by atoms with E-state index in [1.807, 2.05) is 30.3 Å². The smallest absolute Gasteiger partial charge is 0.325 e. The van der Waals surface area contributed by atoms with Crippen LogP contribution in [0.15, 0.2) is 53.1 Å². The number of aliphatic carboxylic acids is 1. The van der Waals surface area contributed by atoms with Crippen molar-refractivity contribution in [1.82, 2.24) is 9.78 Å². The average molecular weight is 311 g/mol. The number of carboxylic acid groups (broad SMARTS) is 1. The molecular weight excluding hydrogens is 298 g/mol. The van der Waals surface area contributed by atoms with Gasteiger partial charge in [0, 0.05) is 23.7 Å². The molecule has 7 heteroatoms. The molecule has 2 aromatic heterocycles. The van der Waals surface area contributed by atoms with Crippen molar-refractivity contribution in [2.24, 2.45) is 0 Å². The standard InChI is InChI=1S/C16H13N3O4/c20-15(17-14-7-8-19(18-14)10-16(21)22)6-5-12-9-11-3-1-2-4-13(11)23-12/h1-9H,10H2,(H,21,22)(H,17,18,20). The number of carbonyl (C=O) groups excluding carboxylic acids is 1. The second kappa shape index (κ2) is 6.18. The van der Waals surface area contributed by atoms with Crippen LogP contribution in [-0.2, 0) is 16.1 Å². The zero-order valence-electron chi connectivity index (χ0n) is 12.0. The SMILES string of the molecule is O=C(O)Cn1ccc(NC(=O)C=Cc2cc3ccccc3o2)n1. The summed E-state index contributed by atoms with van der Waals surface area (Å²) in [6.07, 6.45) is 4.37. The number of furan rings is 1. The molecule has 1 amide bonds. The Bertz CT molecular complexity index is 859. The highest BCUT2D eigenvalue weighted by Gasteiger charge is 2.05. The Labute approximate surface area is 130 Å². The third-order valence-corrected chi connectivity index (χ3v) is 3.03. The third kappa shape index (κ3) is 3.65. The van der Waals surface area contributed by atoms with E-state index in [0.717, 1.165) is 11.0 Å². The van der Waals surface area contributed by atoms with Crippen LogP contribution < -0.4 is 5.32 Å². The van der Waals surface area contributed by atoms with E-state index in [1.165, 1.54) is 23.0 Å². The largest absolute Gasteiger partial charge is 0.480 e. The Morgan fingerprint density at radius 3 is 2.91 bits per heavy atom. The molecule has 0 bridgehead atoms. The van der Waals surface area contributed by atoms with Crippen LogP contribution in [0.25, 0.3) is 17.0 Å². The van der Waals surface area contributed by atoms with Crippen molar-refractivity contribution in [2.75, 3.05) is 5.32 Å². The Balaban J connectivity index is 1.64. The van der Waals surface area contributed by atoms with Crippen LogP contribution >= 0.6 is 0 Å². The van der Waals surface area contributed by atoms with Gasteiger partial charge in [-0.05, 0) is 18.2 Å². The Morgan fingerprint density at radius 2 is 2.13 bits per heavy atom. The summed E-state index contributed by atoms with van der Waals surface area (Å²) in [7, 11) is 0. The van der Waals surface area contributed by atoms with Gasteiger partial charge in [-0.2, -0.15) is 5.10 Å².